The highest BCUT2D eigenvalue weighted by Crippen LogP contribution is 2.24. The van der Waals surface area contributed by atoms with E-state index >= 15 is 0 Å². The molecule has 0 spiro atoms. The zero-order chi connectivity index (χ0) is 15.7. The number of carbonyl (C=O) groups excluding carboxylic acids is 1. The second kappa shape index (κ2) is 8.67. The molecule has 4 nitrogen and oxygen atoms in total. The lowest BCUT2D eigenvalue weighted by Gasteiger charge is -2.29. The number of hydrogen-bond acceptors (Lipinski definition) is 3. The summed E-state index contributed by atoms with van der Waals surface area (Å²) in [5.74, 6) is 0.835. The van der Waals surface area contributed by atoms with Gasteiger partial charge in [-0.25, -0.2) is 0 Å². The Kier molecular flexibility index (Phi) is 7.23. The predicted molar refractivity (Wildman–Crippen MR) is 84.4 cm³/mol. The van der Waals surface area contributed by atoms with Gasteiger partial charge in [0, 0.05) is 18.4 Å². The van der Waals surface area contributed by atoms with Gasteiger partial charge in [0.15, 0.2) is 0 Å². The molecule has 0 aromatic heterocycles. The topological polar surface area (TPSA) is 58.6 Å². The van der Waals surface area contributed by atoms with Crippen LogP contribution in [0, 0.1) is 5.41 Å². The molecular formula is C17H27NO3. The van der Waals surface area contributed by atoms with Gasteiger partial charge in [0.05, 0.1) is 13.7 Å². The van der Waals surface area contributed by atoms with E-state index in [4.69, 9.17) is 4.74 Å². The molecule has 0 aliphatic heterocycles. The summed E-state index contributed by atoms with van der Waals surface area (Å²) in [6.45, 7) is 4.73. The number of ether oxygens (including phenoxy) is 1. The van der Waals surface area contributed by atoms with E-state index in [-0.39, 0.29) is 17.9 Å². The van der Waals surface area contributed by atoms with Gasteiger partial charge in [-0.15, -0.1) is 0 Å². The van der Waals surface area contributed by atoms with E-state index in [1.54, 1.807) is 7.11 Å². The first-order valence-electron chi connectivity index (χ1n) is 7.59. The minimum Gasteiger partial charge on any atom is -0.497 e. The third kappa shape index (κ3) is 5.38. The lowest BCUT2D eigenvalue weighted by molar-refractivity contribution is -0.121. The zero-order valence-corrected chi connectivity index (χ0v) is 13.3. The zero-order valence-electron chi connectivity index (χ0n) is 13.3. The fourth-order valence-corrected chi connectivity index (χ4v) is 2.24. The number of methoxy groups -OCH3 is 1. The molecule has 1 aromatic rings. The number of nitrogens with one attached hydrogen (secondary N) is 1. The molecule has 0 atom stereocenters. The van der Waals surface area contributed by atoms with Gasteiger partial charge in [-0.2, -0.15) is 0 Å². The maximum atomic E-state index is 11.9. The molecule has 0 heterocycles. The number of aryl methyl sites for hydroxylation is 1. The third-order valence-electron chi connectivity index (χ3n) is 4.27. The van der Waals surface area contributed by atoms with Gasteiger partial charge < -0.3 is 15.2 Å². The minimum absolute atomic E-state index is 0.0255. The Bertz CT molecular complexity index is 433. The van der Waals surface area contributed by atoms with Crippen LogP contribution in [0.4, 0.5) is 0 Å². The molecule has 4 heteroatoms. The van der Waals surface area contributed by atoms with Crippen LogP contribution in [-0.2, 0) is 11.2 Å². The van der Waals surface area contributed by atoms with Crippen LogP contribution < -0.4 is 10.1 Å². The Morgan fingerprint density at radius 1 is 1.33 bits per heavy atom. The average molecular weight is 293 g/mol. The van der Waals surface area contributed by atoms with Gasteiger partial charge in [-0.1, -0.05) is 26.0 Å². The van der Waals surface area contributed by atoms with Gasteiger partial charge in [-0.3, -0.25) is 4.79 Å². The van der Waals surface area contributed by atoms with Crippen LogP contribution in [-0.4, -0.2) is 31.3 Å². The molecule has 0 radical (unpaired) electrons. The number of aliphatic hydroxyl groups is 1. The van der Waals surface area contributed by atoms with Crippen molar-refractivity contribution in [2.24, 2.45) is 5.41 Å². The van der Waals surface area contributed by atoms with Crippen molar-refractivity contribution in [2.75, 3.05) is 20.3 Å². The van der Waals surface area contributed by atoms with E-state index in [2.05, 4.69) is 5.32 Å². The van der Waals surface area contributed by atoms with Crippen molar-refractivity contribution in [2.45, 2.75) is 39.5 Å². The van der Waals surface area contributed by atoms with Crippen LogP contribution in [0.25, 0.3) is 0 Å². The molecule has 0 unspecified atom stereocenters. The van der Waals surface area contributed by atoms with Crippen molar-refractivity contribution in [1.82, 2.24) is 5.32 Å². The second-order valence-electron chi connectivity index (χ2n) is 5.49. The van der Waals surface area contributed by atoms with Gasteiger partial charge in [-0.05, 0) is 37.0 Å². The standard InChI is InChI=1S/C17H27NO3/c1-4-17(5-2,13-19)12-18-16(20)10-9-14-7-6-8-15(11-14)21-3/h6-8,11,19H,4-5,9-10,12-13H2,1-3H3,(H,18,20). The third-order valence-corrected chi connectivity index (χ3v) is 4.27. The van der Waals surface area contributed by atoms with E-state index < -0.39 is 0 Å². The molecule has 118 valence electrons. The molecule has 0 fully saturated rings. The monoisotopic (exact) mass is 293 g/mol. The van der Waals surface area contributed by atoms with Crippen LogP contribution in [0.3, 0.4) is 0 Å². The number of hydrogen-bond donors (Lipinski definition) is 2. The van der Waals surface area contributed by atoms with Gasteiger partial charge in [0.2, 0.25) is 5.91 Å². The number of aliphatic hydroxyl groups excluding tert-OH is 1. The maximum absolute atomic E-state index is 11.9. The molecule has 21 heavy (non-hydrogen) atoms. The lowest BCUT2D eigenvalue weighted by Crippen LogP contribution is -2.39. The van der Waals surface area contributed by atoms with E-state index in [0.29, 0.717) is 19.4 Å². The summed E-state index contributed by atoms with van der Waals surface area (Å²) in [7, 11) is 1.63. The van der Waals surface area contributed by atoms with E-state index in [9.17, 15) is 9.90 Å². The predicted octanol–water partition coefficient (Wildman–Crippen LogP) is 2.54. The highest BCUT2D eigenvalue weighted by Gasteiger charge is 2.25. The average Bonchev–Trinajstić information content (AvgIpc) is 2.55. The van der Waals surface area contributed by atoms with Gasteiger partial charge >= 0.3 is 0 Å². The van der Waals surface area contributed by atoms with E-state index in [1.807, 2.05) is 38.1 Å². The summed E-state index contributed by atoms with van der Waals surface area (Å²) in [6.07, 6.45) is 2.85. The summed E-state index contributed by atoms with van der Waals surface area (Å²) in [6, 6.07) is 7.76. The smallest absolute Gasteiger partial charge is 0.220 e. The molecule has 0 aliphatic carbocycles. The van der Waals surface area contributed by atoms with Crippen LogP contribution >= 0.6 is 0 Å². The summed E-state index contributed by atoms with van der Waals surface area (Å²) in [5, 5.41) is 12.4. The van der Waals surface area contributed by atoms with Crippen molar-refractivity contribution in [3.05, 3.63) is 29.8 Å². The fraction of sp³-hybridized carbons (Fsp3) is 0.588. The second-order valence-corrected chi connectivity index (χ2v) is 5.49. The van der Waals surface area contributed by atoms with Crippen molar-refractivity contribution >= 4 is 5.91 Å². The Morgan fingerprint density at radius 2 is 2.05 bits per heavy atom. The summed E-state index contributed by atoms with van der Waals surface area (Å²) < 4.78 is 5.17. The molecule has 1 aromatic carbocycles. The van der Waals surface area contributed by atoms with E-state index in [1.165, 1.54) is 0 Å². The molecule has 0 saturated heterocycles. The molecule has 0 aliphatic rings. The summed E-state index contributed by atoms with van der Waals surface area (Å²) in [4.78, 5) is 11.9. The SMILES string of the molecule is CCC(CC)(CO)CNC(=O)CCc1cccc(OC)c1. The Morgan fingerprint density at radius 3 is 2.62 bits per heavy atom. The first-order chi connectivity index (χ1) is 10.1. The Balaban J connectivity index is 2.43. The Hall–Kier alpha value is -1.55. The highest BCUT2D eigenvalue weighted by atomic mass is 16.5. The van der Waals surface area contributed by atoms with Crippen molar-refractivity contribution < 1.29 is 14.6 Å². The number of carbonyl (C=O) groups is 1. The Labute approximate surface area is 127 Å². The first kappa shape index (κ1) is 17.5. The molecule has 0 bridgehead atoms. The molecule has 1 amide bonds. The van der Waals surface area contributed by atoms with Crippen molar-refractivity contribution in [1.29, 1.82) is 0 Å². The van der Waals surface area contributed by atoms with Crippen molar-refractivity contribution in [3.8, 4) is 5.75 Å². The molecule has 2 N–H and O–H groups in total. The molecule has 0 saturated carbocycles. The minimum atomic E-state index is -0.189. The maximum Gasteiger partial charge on any atom is 0.220 e. The normalized spacial score (nSPS) is 11.2. The van der Waals surface area contributed by atoms with Crippen LogP contribution in [0.5, 0.6) is 5.75 Å². The quantitative estimate of drug-likeness (QED) is 0.735. The largest absolute Gasteiger partial charge is 0.497 e. The van der Waals surface area contributed by atoms with Crippen LogP contribution in [0.2, 0.25) is 0 Å². The van der Waals surface area contributed by atoms with E-state index in [0.717, 1.165) is 24.2 Å². The van der Waals surface area contributed by atoms with Crippen LogP contribution in [0.1, 0.15) is 38.7 Å². The fourth-order valence-electron chi connectivity index (χ4n) is 2.24. The number of rotatable bonds is 9. The van der Waals surface area contributed by atoms with Gasteiger partial charge in [0.1, 0.15) is 5.75 Å². The van der Waals surface area contributed by atoms with Gasteiger partial charge in [0.25, 0.3) is 0 Å². The summed E-state index contributed by atoms with van der Waals surface area (Å²) in [5.41, 5.74) is 0.898. The highest BCUT2D eigenvalue weighted by molar-refractivity contribution is 5.76. The molecular weight excluding hydrogens is 266 g/mol. The summed E-state index contributed by atoms with van der Waals surface area (Å²) >= 11 is 0. The number of amides is 1. The molecule has 1 rings (SSSR count). The first-order valence-corrected chi connectivity index (χ1v) is 7.59. The lowest BCUT2D eigenvalue weighted by atomic mass is 9.83. The number of benzene rings is 1. The van der Waals surface area contributed by atoms with Crippen molar-refractivity contribution in [3.63, 3.8) is 0 Å². The van der Waals surface area contributed by atoms with Crippen LogP contribution in [0.15, 0.2) is 24.3 Å².